The van der Waals surface area contributed by atoms with Crippen LogP contribution >= 0.6 is 0 Å². The minimum atomic E-state index is -0.426. The Balaban J connectivity index is 1.66. The van der Waals surface area contributed by atoms with E-state index in [1.165, 1.54) is 0 Å². The van der Waals surface area contributed by atoms with Crippen molar-refractivity contribution in [2.75, 3.05) is 19.7 Å². The van der Waals surface area contributed by atoms with Crippen LogP contribution in [0.4, 0.5) is 0 Å². The first-order valence-corrected chi connectivity index (χ1v) is 8.29. The van der Waals surface area contributed by atoms with Crippen molar-refractivity contribution in [3.05, 3.63) is 17.0 Å². The Hall–Kier alpha value is -1.69. The van der Waals surface area contributed by atoms with Gasteiger partial charge in [-0.2, -0.15) is 0 Å². The molecular formula is C17H24N2O4. The van der Waals surface area contributed by atoms with Crippen LogP contribution in [0, 0.1) is 11.3 Å². The second-order valence-electron chi connectivity index (χ2n) is 7.55. The highest BCUT2D eigenvalue weighted by atomic mass is 16.5. The van der Waals surface area contributed by atoms with Crippen LogP contribution in [0.1, 0.15) is 54.9 Å². The van der Waals surface area contributed by atoms with Crippen LogP contribution < -0.4 is 0 Å². The van der Waals surface area contributed by atoms with Crippen LogP contribution in [0.3, 0.4) is 0 Å². The fraction of sp³-hybridized carbons (Fsp3) is 0.706. The van der Waals surface area contributed by atoms with E-state index in [2.05, 4.69) is 19.0 Å². The molecule has 6 nitrogen and oxygen atoms in total. The Morgan fingerprint density at radius 2 is 2.04 bits per heavy atom. The Kier molecular flexibility index (Phi) is 4.27. The molecular weight excluding hydrogens is 296 g/mol. The van der Waals surface area contributed by atoms with Gasteiger partial charge in [0, 0.05) is 25.9 Å². The fourth-order valence-corrected chi connectivity index (χ4v) is 3.73. The number of carbonyl (C=O) groups excluding carboxylic acids is 2. The minimum absolute atomic E-state index is 0.0474. The van der Waals surface area contributed by atoms with E-state index in [0.29, 0.717) is 43.2 Å². The summed E-state index contributed by atoms with van der Waals surface area (Å²) in [7, 11) is 0. The van der Waals surface area contributed by atoms with E-state index in [1.54, 1.807) is 4.90 Å². The molecule has 0 saturated carbocycles. The molecule has 1 fully saturated rings. The van der Waals surface area contributed by atoms with Gasteiger partial charge in [0.25, 0.3) is 0 Å². The lowest BCUT2D eigenvalue weighted by atomic mass is 9.75. The zero-order valence-corrected chi connectivity index (χ0v) is 13.8. The van der Waals surface area contributed by atoms with Crippen LogP contribution in [0.25, 0.3) is 0 Å². The molecule has 0 spiro atoms. The number of likely N-dealkylation sites (tertiary alicyclic amines) is 1. The van der Waals surface area contributed by atoms with E-state index in [1.807, 2.05) is 0 Å². The number of aliphatic hydroxyl groups excluding tert-OH is 1. The summed E-state index contributed by atoms with van der Waals surface area (Å²) >= 11 is 0. The number of aliphatic hydroxyl groups is 1. The lowest BCUT2D eigenvalue weighted by Crippen LogP contribution is -2.40. The number of aromatic nitrogens is 1. The molecule has 0 atom stereocenters. The third kappa shape index (κ3) is 3.32. The summed E-state index contributed by atoms with van der Waals surface area (Å²) in [5, 5.41) is 13.0. The molecule has 23 heavy (non-hydrogen) atoms. The van der Waals surface area contributed by atoms with Gasteiger partial charge in [-0.1, -0.05) is 19.0 Å². The van der Waals surface area contributed by atoms with Crippen LogP contribution in [-0.2, 0) is 17.6 Å². The molecule has 0 aromatic carbocycles. The van der Waals surface area contributed by atoms with Crippen LogP contribution in [-0.4, -0.2) is 46.5 Å². The van der Waals surface area contributed by atoms with Crippen LogP contribution in [0.5, 0.6) is 0 Å². The standard InChI is InChI=1S/C17H24N2O4/c1-17(2)8-12-16(13(21)9-17)14(23-18-12)7-11-3-5-19(6-4-11)15(22)10-20/h11,20H,3-10H2,1-2H3. The largest absolute Gasteiger partial charge is 0.387 e. The highest BCUT2D eigenvalue weighted by Crippen LogP contribution is 2.36. The van der Waals surface area contributed by atoms with E-state index in [9.17, 15) is 9.59 Å². The highest BCUT2D eigenvalue weighted by molar-refractivity contribution is 5.99. The molecule has 1 aliphatic carbocycles. The smallest absolute Gasteiger partial charge is 0.248 e. The number of hydrogen-bond acceptors (Lipinski definition) is 5. The molecule has 2 aliphatic rings. The minimum Gasteiger partial charge on any atom is -0.387 e. The zero-order chi connectivity index (χ0) is 16.6. The number of nitrogens with zero attached hydrogens (tertiary/aromatic N) is 2. The molecule has 1 N–H and O–H groups in total. The molecule has 0 radical (unpaired) electrons. The second kappa shape index (κ2) is 6.07. The zero-order valence-electron chi connectivity index (χ0n) is 13.8. The van der Waals surface area contributed by atoms with Gasteiger partial charge in [0.2, 0.25) is 5.91 Å². The average Bonchev–Trinajstić information content (AvgIpc) is 2.88. The van der Waals surface area contributed by atoms with Crippen LogP contribution in [0.15, 0.2) is 4.52 Å². The normalized spacial score (nSPS) is 21.3. The number of rotatable bonds is 3. The maximum atomic E-state index is 12.4. The molecule has 1 saturated heterocycles. The summed E-state index contributed by atoms with van der Waals surface area (Å²) in [5.41, 5.74) is 1.46. The molecule has 2 heterocycles. The molecule has 126 valence electrons. The lowest BCUT2D eigenvalue weighted by Gasteiger charge is -2.31. The number of carbonyl (C=O) groups is 2. The summed E-state index contributed by atoms with van der Waals surface area (Å²) in [6.07, 6.45) is 3.75. The molecule has 1 aromatic rings. The van der Waals surface area contributed by atoms with E-state index in [-0.39, 0.29) is 17.1 Å². The topological polar surface area (TPSA) is 83.6 Å². The number of ketones is 1. The van der Waals surface area contributed by atoms with Gasteiger partial charge in [-0.05, 0) is 30.6 Å². The van der Waals surface area contributed by atoms with Gasteiger partial charge < -0.3 is 14.5 Å². The first kappa shape index (κ1) is 16.2. The second-order valence-corrected chi connectivity index (χ2v) is 7.55. The SMILES string of the molecule is CC1(C)CC(=O)c2c(noc2CC2CCN(C(=O)CO)CC2)C1. The van der Waals surface area contributed by atoms with E-state index >= 15 is 0 Å². The molecule has 0 bridgehead atoms. The maximum Gasteiger partial charge on any atom is 0.248 e. The molecule has 6 heteroatoms. The monoisotopic (exact) mass is 320 g/mol. The molecule has 1 amide bonds. The van der Waals surface area contributed by atoms with Crippen LogP contribution in [0.2, 0.25) is 0 Å². The van der Waals surface area contributed by atoms with Crippen molar-refractivity contribution in [2.24, 2.45) is 11.3 Å². The predicted molar refractivity (Wildman–Crippen MR) is 83.0 cm³/mol. The Morgan fingerprint density at radius 3 is 2.70 bits per heavy atom. The van der Waals surface area contributed by atoms with Crippen molar-refractivity contribution >= 4 is 11.7 Å². The van der Waals surface area contributed by atoms with Gasteiger partial charge in [0.15, 0.2) is 5.78 Å². The predicted octanol–water partition coefficient (Wildman–Crippen LogP) is 1.60. The third-order valence-corrected chi connectivity index (χ3v) is 4.97. The molecule has 3 rings (SSSR count). The Bertz CT molecular complexity index is 612. The first-order chi connectivity index (χ1) is 10.9. The highest BCUT2D eigenvalue weighted by Gasteiger charge is 2.36. The Labute approximate surface area is 135 Å². The van der Waals surface area contributed by atoms with Gasteiger partial charge in [0.05, 0.1) is 11.3 Å². The van der Waals surface area contributed by atoms with Crippen molar-refractivity contribution in [1.29, 1.82) is 0 Å². The summed E-state index contributed by atoms with van der Waals surface area (Å²) in [5.74, 6) is 1.03. The number of piperidine rings is 1. The average molecular weight is 320 g/mol. The number of hydrogen-bond donors (Lipinski definition) is 1. The van der Waals surface area contributed by atoms with Crippen molar-refractivity contribution in [2.45, 2.75) is 46.0 Å². The number of fused-ring (bicyclic) bond motifs is 1. The van der Waals surface area contributed by atoms with Gasteiger partial charge in [0.1, 0.15) is 12.4 Å². The van der Waals surface area contributed by atoms with E-state index < -0.39 is 6.61 Å². The van der Waals surface area contributed by atoms with Crippen molar-refractivity contribution in [1.82, 2.24) is 10.1 Å². The fourth-order valence-electron chi connectivity index (χ4n) is 3.73. The number of amides is 1. The van der Waals surface area contributed by atoms with E-state index in [0.717, 1.165) is 25.0 Å². The number of Topliss-reactive ketones (excluding diaryl/α,β-unsaturated/α-hetero) is 1. The van der Waals surface area contributed by atoms with E-state index in [4.69, 9.17) is 9.63 Å². The summed E-state index contributed by atoms with van der Waals surface area (Å²) in [6, 6.07) is 0. The summed E-state index contributed by atoms with van der Waals surface area (Å²) < 4.78 is 5.49. The van der Waals surface area contributed by atoms with Gasteiger partial charge in [-0.15, -0.1) is 0 Å². The maximum absolute atomic E-state index is 12.4. The van der Waals surface area contributed by atoms with Gasteiger partial charge in [-0.3, -0.25) is 9.59 Å². The van der Waals surface area contributed by atoms with Gasteiger partial charge >= 0.3 is 0 Å². The first-order valence-electron chi connectivity index (χ1n) is 8.29. The Morgan fingerprint density at radius 1 is 1.35 bits per heavy atom. The summed E-state index contributed by atoms with van der Waals surface area (Å²) in [6.45, 7) is 5.04. The molecule has 0 unspecified atom stereocenters. The third-order valence-electron chi connectivity index (χ3n) is 4.97. The van der Waals surface area contributed by atoms with Crippen molar-refractivity contribution < 1.29 is 19.2 Å². The van der Waals surface area contributed by atoms with Crippen molar-refractivity contribution in [3.63, 3.8) is 0 Å². The lowest BCUT2D eigenvalue weighted by molar-refractivity contribution is -0.135. The quantitative estimate of drug-likeness (QED) is 0.914. The van der Waals surface area contributed by atoms with Crippen molar-refractivity contribution in [3.8, 4) is 0 Å². The molecule has 1 aromatic heterocycles. The summed E-state index contributed by atoms with van der Waals surface area (Å²) in [4.78, 5) is 25.6. The molecule has 1 aliphatic heterocycles. The van der Waals surface area contributed by atoms with Gasteiger partial charge in [-0.25, -0.2) is 0 Å².